The van der Waals surface area contributed by atoms with Crippen molar-refractivity contribution >= 4 is 10.9 Å². The number of hydrogen-bond acceptors (Lipinski definition) is 3. The number of fused-ring (bicyclic) bond motifs is 1. The van der Waals surface area contributed by atoms with Crippen LogP contribution in [-0.4, -0.2) is 18.6 Å². The number of hydrogen-bond donors (Lipinski definition) is 1. The largest absolute Gasteiger partial charge is 0.494 e. The van der Waals surface area contributed by atoms with E-state index in [0.29, 0.717) is 6.54 Å². The monoisotopic (exact) mass is 244 g/mol. The van der Waals surface area contributed by atoms with Gasteiger partial charge in [-0.05, 0) is 56.5 Å². The number of nitrogens with two attached hydrogens (primary N) is 1. The van der Waals surface area contributed by atoms with Crippen molar-refractivity contribution in [2.24, 2.45) is 5.73 Å². The summed E-state index contributed by atoms with van der Waals surface area (Å²) in [6.45, 7) is 4.85. The van der Waals surface area contributed by atoms with Crippen LogP contribution >= 0.6 is 0 Å². The zero-order valence-electron chi connectivity index (χ0n) is 11.3. The maximum Gasteiger partial charge on any atom is 0.145 e. The summed E-state index contributed by atoms with van der Waals surface area (Å²) in [5.41, 5.74) is 10.1. The molecule has 3 nitrogen and oxygen atoms in total. The molecule has 18 heavy (non-hydrogen) atoms. The summed E-state index contributed by atoms with van der Waals surface area (Å²) in [6, 6.07) is 6.24. The number of methoxy groups -OCH3 is 1. The van der Waals surface area contributed by atoms with Crippen LogP contribution in [-0.2, 0) is 6.42 Å². The summed E-state index contributed by atoms with van der Waals surface area (Å²) < 4.78 is 5.41. The van der Waals surface area contributed by atoms with E-state index in [0.717, 1.165) is 29.8 Å². The molecule has 2 rings (SSSR count). The van der Waals surface area contributed by atoms with Crippen molar-refractivity contribution in [1.29, 1.82) is 0 Å². The molecular formula is C15H20N2O. The van der Waals surface area contributed by atoms with Gasteiger partial charge >= 0.3 is 0 Å². The third kappa shape index (κ3) is 2.31. The highest BCUT2D eigenvalue weighted by Gasteiger charge is 2.10. The fourth-order valence-corrected chi connectivity index (χ4v) is 2.42. The standard InChI is InChI=1S/C15H20N2O/c1-10-9-11(2)17-15-13(18-3)7-6-12(14(10)15)5-4-8-16/h6-7,9H,4-5,8,16H2,1-3H3. The van der Waals surface area contributed by atoms with Crippen LogP contribution in [0, 0.1) is 13.8 Å². The Kier molecular flexibility index (Phi) is 3.82. The van der Waals surface area contributed by atoms with Gasteiger partial charge in [0.25, 0.3) is 0 Å². The fraction of sp³-hybridized carbons (Fsp3) is 0.400. The lowest BCUT2D eigenvalue weighted by atomic mass is 9.99. The van der Waals surface area contributed by atoms with Gasteiger partial charge in [0.05, 0.1) is 7.11 Å². The molecule has 1 aromatic carbocycles. The predicted molar refractivity (Wildman–Crippen MR) is 75.1 cm³/mol. The quantitative estimate of drug-likeness (QED) is 0.899. The first kappa shape index (κ1) is 12.8. The van der Waals surface area contributed by atoms with Crippen molar-refractivity contribution in [2.45, 2.75) is 26.7 Å². The molecule has 0 spiro atoms. The molecule has 0 saturated carbocycles. The van der Waals surface area contributed by atoms with E-state index >= 15 is 0 Å². The van der Waals surface area contributed by atoms with E-state index in [4.69, 9.17) is 10.5 Å². The molecule has 2 aromatic rings. The van der Waals surface area contributed by atoms with Crippen LogP contribution in [0.15, 0.2) is 18.2 Å². The second-order valence-electron chi connectivity index (χ2n) is 4.62. The first-order valence-electron chi connectivity index (χ1n) is 6.31. The Morgan fingerprint density at radius 1 is 1.28 bits per heavy atom. The molecule has 0 bridgehead atoms. The summed E-state index contributed by atoms with van der Waals surface area (Å²) in [7, 11) is 1.69. The fourth-order valence-electron chi connectivity index (χ4n) is 2.42. The van der Waals surface area contributed by atoms with Crippen molar-refractivity contribution in [3.05, 3.63) is 35.0 Å². The van der Waals surface area contributed by atoms with E-state index in [2.05, 4.69) is 24.0 Å². The highest BCUT2D eigenvalue weighted by molar-refractivity contribution is 5.90. The van der Waals surface area contributed by atoms with Crippen LogP contribution in [0.4, 0.5) is 0 Å². The topological polar surface area (TPSA) is 48.1 Å². The van der Waals surface area contributed by atoms with Gasteiger partial charge < -0.3 is 10.5 Å². The average molecular weight is 244 g/mol. The third-order valence-electron chi connectivity index (χ3n) is 3.21. The summed E-state index contributed by atoms with van der Waals surface area (Å²) in [5, 5.41) is 1.22. The number of nitrogens with zero attached hydrogens (tertiary/aromatic N) is 1. The van der Waals surface area contributed by atoms with Crippen LogP contribution in [0.5, 0.6) is 5.75 Å². The van der Waals surface area contributed by atoms with Crippen molar-refractivity contribution < 1.29 is 4.74 Å². The van der Waals surface area contributed by atoms with Crippen LogP contribution < -0.4 is 10.5 Å². The van der Waals surface area contributed by atoms with E-state index in [1.807, 2.05) is 13.0 Å². The molecule has 96 valence electrons. The Bertz CT molecular complexity index is 564. The van der Waals surface area contributed by atoms with Gasteiger partial charge in [0, 0.05) is 11.1 Å². The number of benzene rings is 1. The van der Waals surface area contributed by atoms with Gasteiger partial charge in [0.2, 0.25) is 0 Å². The molecule has 0 fully saturated rings. The van der Waals surface area contributed by atoms with Crippen LogP contribution in [0.1, 0.15) is 23.2 Å². The van der Waals surface area contributed by atoms with E-state index in [-0.39, 0.29) is 0 Å². The maximum atomic E-state index is 5.60. The molecule has 0 unspecified atom stereocenters. The molecule has 0 aliphatic rings. The second kappa shape index (κ2) is 5.36. The van der Waals surface area contributed by atoms with E-state index < -0.39 is 0 Å². The van der Waals surface area contributed by atoms with Crippen molar-refractivity contribution in [2.75, 3.05) is 13.7 Å². The Balaban J connectivity index is 2.67. The summed E-state index contributed by atoms with van der Waals surface area (Å²) in [5.74, 6) is 0.841. The number of rotatable bonds is 4. The molecule has 0 radical (unpaired) electrons. The van der Waals surface area contributed by atoms with E-state index in [1.54, 1.807) is 7.11 Å². The number of pyridine rings is 1. The highest BCUT2D eigenvalue weighted by atomic mass is 16.5. The summed E-state index contributed by atoms with van der Waals surface area (Å²) in [4.78, 5) is 4.62. The lowest BCUT2D eigenvalue weighted by Crippen LogP contribution is -2.02. The van der Waals surface area contributed by atoms with E-state index in [9.17, 15) is 0 Å². The van der Waals surface area contributed by atoms with Gasteiger partial charge in [-0.15, -0.1) is 0 Å². The predicted octanol–water partition coefficient (Wildman–Crippen LogP) is 2.75. The molecule has 0 atom stereocenters. The van der Waals surface area contributed by atoms with Gasteiger partial charge in [-0.1, -0.05) is 6.07 Å². The van der Waals surface area contributed by atoms with Gasteiger partial charge in [-0.25, -0.2) is 4.98 Å². The molecule has 3 heteroatoms. The summed E-state index contributed by atoms with van der Waals surface area (Å²) in [6.07, 6.45) is 1.98. The lowest BCUT2D eigenvalue weighted by molar-refractivity contribution is 0.418. The minimum absolute atomic E-state index is 0.714. The van der Waals surface area contributed by atoms with Crippen molar-refractivity contribution in [3.63, 3.8) is 0 Å². The Hall–Kier alpha value is -1.61. The second-order valence-corrected chi connectivity index (χ2v) is 4.62. The molecule has 2 N–H and O–H groups in total. The SMILES string of the molecule is COc1ccc(CCCN)c2c(C)cc(C)nc12. The van der Waals surface area contributed by atoms with Crippen LogP contribution in [0.2, 0.25) is 0 Å². The number of ether oxygens (including phenoxy) is 1. The van der Waals surface area contributed by atoms with Gasteiger partial charge in [0.1, 0.15) is 11.3 Å². The van der Waals surface area contributed by atoms with Gasteiger partial charge in [-0.2, -0.15) is 0 Å². The zero-order valence-corrected chi connectivity index (χ0v) is 11.3. The Labute approximate surface area is 108 Å². The van der Waals surface area contributed by atoms with Crippen molar-refractivity contribution in [3.8, 4) is 5.75 Å². The molecule has 0 saturated heterocycles. The molecule has 0 amide bonds. The maximum absolute atomic E-state index is 5.60. The zero-order chi connectivity index (χ0) is 13.1. The molecular weight excluding hydrogens is 224 g/mol. The van der Waals surface area contributed by atoms with Crippen LogP contribution in [0.3, 0.4) is 0 Å². The number of aryl methyl sites for hydroxylation is 3. The third-order valence-corrected chi connectivity index (χ3v) is 3.21. The first-order valence-corrected chi connectivity index (χ1v) is 6.31. The van der Waals surface area contributed by atoms with Gasteiger partial charge in [0.15, 0.2) is 0 Å². The van der Waals surface area contributed by atoms with E-state index in [1.165, 1.54) is 16.5 Å². The number of aromatic nitrogens is 1. The average Bonchev–Trinajstić information content (AvgIpc) is 2.35. The normalized spacial score (nSPS) is 10.9. The molecule has 1 heterocycles. The smallest absolute Gasteiger partial charge is 0.145 e. The minimum Gasteiger partial charge on any atom is -0.494 e. The Morgan fingerprint density at radius 3 is 2.72 bits per heavy atom. The first-order chi connectivity index (χ1) is 8.67. The molecule has 1 aromatic heterocycles. The molecule has 0 aliphatic carbocycles. The Morgan fingerprint density at radius 2 is 2.06 bits per heavy atom. The van der Waals surface area contributed by atoms with Crippen molar-refractivity contribution in [1.82, 2.24) is 4.98 Å². The van der Waals surface area contributed by atoms with Crippen LogP contribution in [0.25, 0.3) is 10.9 Å². The highest BCUT2D eigenvalue weighted by Crippen LogP contribution is 2.30. The molecule has 0 aliphatic heterocycles. The summed E-state index contributed by atoms with van der Waals surface area (Å²) >= 11 is 0. The minimum atomic E-state index is 0.714. The van der Waals surface area contributed by atoms with Gasteiger partial charge in [-0.3, -0.25) is 0 Å². The lowest BCUT2D eigenvalue weighted by Gasteiger charge is -2.12.